The molecule has 0 aromatic rings. The van der Waals surface area contributed by atoms with Crippen LogP contribution in [0.4, 0.5) is 0 Å². The van der Waals surface area contributed by atoms with Crippen molar-refractivity contribution in [2.75, 3.05) is 27.2 Å². The first kappa shape index (κ1) is 43.9. The van der Waals surface area contributed by atoms with E-state index in [0.29, 0.717) is 6.42 Å². The number of rotatable bonds is 35. The van der Waals surface area contributed by atoms with Gasteiger partial charge in [-0.15, -0.1) is 0 Å². The maximum absolute atomic E-state index is 13.4. The fraction of sp³-hybridized carbons (Fsp3) is 0.950. The Morgan fingerprint density at radius 1 is 0.511 bits per heavy atom. The normalized spacial score (nSPS) is 12.2. The molecule has 0 aromatic heterocycles. The van der Waals surface area contributed by atoms with Gasteiger partial charge in [0, 0.05) is 6.42 Å². The summed E-state index contributed by atoms with van der Waals surface area (Å²) in [5.74, 6) is -0.249. The summed E-state index contributed by atoms with van der Waals surface area (Å²) in [6.07, 6.45) is 33.9. The van der Waals surface area contributed by atoms with Gasteiger partial charge in [0.2, 0.25) is 0 Å². The molecule has 268 valence electrons. The minimum atomic E-state index is -0.326. The number of nitrogens with zero attached hydrogens (tertiary/aromatic N) is 1. The summed E-state index contributed by atoms with van der Waals surface area (Å²) in [4.78, 5) is 28.1. The van der Waals surface area contributed by atoms with Crippen LogP contribution in [0.5, 0.6) is 0 Å². The molecule has 0 aliphatic rings. The van der Waals surface area contributed by atoms with Gasteiger partial charge in [-0.3, -0.25) is 9.59 Å². The van der Waals surface area contributed by atoms with Crippen LogP contribution in [0.25, 0.3) is 0 Å². The second-order valence-corrected chi connectivity index (χ2v) is 14.1. The van der Waals surface area contributed by atoms with E-state index in [4.69, 9.17) is 9.47 Å². The molecule has 0 aliphatic heterocycles. The Balaban J connectivity index is 4.82. The lowest BCUT2D eigenvalue weighted by Crippen LogP contribution is -2.28. The van der Waals surface area contributed by atoms with Gasteiger partial charge in [0.1, 0.15) is 12.7 Å². The van der Waals surface area contributed by atoms with E-state index in [0.717, 1.165) is 57.9 Å². The molecule has 0 saturated heterocycles. The van der Waals surface area contributed by atoms with Crippen molar-refractivity contribution in [3.05, 3.63) is 0 Å². The monoisotopic (exact) mass is 638 g/mol. The maximum atomic E-state index is 13.4. The van der Waals surface area contributed by atoms with Crippen molar-refractivity contribution < 1.29 is 19.1 Å². The Morgan fingerprint density at radius 2 is 0.889 bits per heavy atom. The molecule has 0 spiro atoms. The van der Waals surface area contributed by atoms with E-state index < -0.39 is 0 Å². The first-order valence-electron chi connectivity index (χ1n) is 19.9. The number of unbranched alkanes of at least 4 members (excludes halogenated alkanes) is 21. The van der Waals surface area contributed by atoms with E-state index in [2.05, 4.69) is 25.7 Å². The first-order valence-corrected chi connectivity index (χ1v) is 19.9. The maximum Gasteiger partial charge on any atom is 0.309 e. The van der Waals surface area contributed by atoms with Gasteiger partial charge < -0.3 is 14.4 Å². The molecule has 1 atom stereocenters. The Bertz CT molecular complexity index is 620. The molecule has 0 fully saturated rings. The topological polar surface area (TPSA) is 55.8 Å². The summed E-state index contributed by atoms with van der Waals surface area (Å²) in [5.41, 5.74) is 0. The molecule has 0 saturated carbocycles. The Morgan fingerprint density at radius 3 is 1.29 bits per heavy atom. The van der Waals surface area contributed by atoms with Crippen molar-refractivity contribution in [3.63, 3.8) is 0 Å². The average Bonchev–Trinajstić information content (AvgIpc) is 3.02. The highest BCUT2D eigenvalue weighted by Crippen LogP contribution is 2.22. The molecule has 0 radical (unpaired) electrons. The minimum Gasteiger partial charge on any atom is -0.462 e. The number of ether oxygens (including phenoxy) is 2. The predicted molar refractivity (Wildman–Crippen MR) is 194 cm³/mol. The predicted octanol–water partition coefficient (Wildman–Crippen LogP) is 12.0. The molecular formula is C40H79NO4. The highest BCUT2D eigenvalue weighted by Gasteiger charge is 2.23. The van der Waals surface area contributed by atoms with E-state index in [1.54, 1.807) is 0 Å². The van der Waals surface area contributed by atoms with Crippen molar-refractivity contribution in [2.45, 2.75) is 213 Å². The number of esters is 2. The highest BCUT2D eigenvalue weighted by molar-refractivity contribution is 5.72. The molecular weight excluding hydrogens is 558 g/mol. The lowest BCUT2D eigenvalue weighted by atomic mass is 9.94. The second kappa shape index (κ2) is 34.2. The summed E-state index contributed by atoms with van der Waals surface area (Å²) < 4.78 is 11.8. The van der Waals surface area contributed by atoms with Crippen LogP contribution in [0.2, 0.25) is 0 Å². The molecule has 0 bridgehead atoms. The smallest absolute Gasteiger partial charge is 0.309 e. The lowest BCUT2D eigenvalue weighted by molar-refractivity contribution is -0.162. The van der Waals surface area contributed by atoms with Crippen LogP contribution in [-0.2, 0) is 19.1 Å². The van der Waals surface area contributed by atoms with Gasteiger partial charge in [-0.2, -0.15) is 0 Å². The zero-order valence-electron chi connectivity index (χ0n) is 31.2. The molecule has 0 heterocycles. The summed E-state index contributed by atoms with van der Waals surface area (Å²) in [6.45, 7) is 7.86. The fourth-order valence-electron chi connectivity index (χ4n) is 6.19. The summed E-state index contributed by atoms with van der Waals surface area (Å²) in [7, 11) is 4.04. The van der Waals surface area contributed by atoms with Gasteiger partial charge >= 0.3 is 11.9 Å². The Labute approximate surface area is 281 Å². The standard InChI is InChI=1S/C40H79NO4/c1-6-9-12-15-18-19-20-23-26-29-33-38(45-39(42)34-30-35-41(4)5)36-44-40(43)37(31-27-24-21-16-13-10-7-2)32-28-25-22-17-14-11-8-3/h37-38H,6-36H2,1-5H3. The van der Waals surface area contributed by atoms with Crippen LogP contribution in [0.3, 0.4) is 0 Å². The summed E-state index contributed by atoms with van der Waals surface area (Å²) in [5, 5.41) is 0. The van der Waals surface area contributed by atoms with Crippen LogP contribution < -0.4 is 0 Å². The first-order chi connectivity index (χ1) is 21.9. The number of hydrogen-bond donors (Lipinski definition) is 0. The zero-order valence-corrected chi connectivity index (χ0v) is 31.2. The molecule has 0 amide bonds. The largest absolute Gasteiger partial charge is 0.462 e. The second-order valence-electron chi connectivity index (χ2n) is 14.1. The molecule has 0 aliphatic carbocycles. The van der Waals surface area contributed by atoms with E-state index >= 15 is 0 Å². The molecule has 5 nitrogen and oxygen atoms in total. The lowest BCUT2D eigenvalue weighted by Gasteiger charge is -2.21. The van der Waals surface area contributed by atoms with Gasteiger partial charge in [-0.25, -0.2) is 0 Å². The van der Waals surface area contributed by atoms with Crippen LogP contribution in [0, 0.1) is 5.92 Å². The van der Waals surface area contributed by atoms with Crippen LogP contribution in [-0.4, -0.2) is 50.2 Å². The SMILES string of the molecule is CCCCCCCCCCCCC(COC(=O)C(CCCCCCCCC)CCCCCCCCC)OC(=O)CCCN(C)C. The van der Waals surface area contributed by atoms with Crippen molar-refractivity contribution in [1.82, 2.24) is 4.90 Å². The minimum absolute atomic E-state index is 0.0231. The number of carbonyl (C=O) groups excluding carboxylic acids is 2. The van der Waals surface area contributed by atoms with Gasteiger partial charge in [0.15, 0.2) is 0 Å². The average molecular weight is 638 g/mol. The molecule has 1 unspecified atom stereocenters. The van der Waals surface area contributed by atoms with Gasteiger partial charge in [0.05, 0.1) is 5.92 Å². The highest BCUT2D eigenvalue weighted by atomic mass is 16.6. The summed E-state index contributed by atoms with van der Waals surface area (Å²) >= 11 is 0. The number of carbonyl (C=O) groups is 2. The quantitative estimate of drug-likeness (QED) is 0.0511. The third-order valence-corrected chi connectivity index (χ3v) is 9.22. The number of hydrogen-bond acceptors (Lipinski definition) is 5. The van der Waals surface area contributed by atoms with E-state index in [-0.39, 0.29) is 30.6 Å². The third kappa shape index (κ3) is 31.3. The Kier molecular flexibility index (Phi) is 33.4. The fourth-order valence-corrected chi connectivity index (χ4v) is 6.19. The molecule has 0 N–H and O–H groups in total. The summed E-state index contributed by atoms with van der Waals surface area (Å²) in [6, 6.07) is 0. The van der Waals surface area contributed by atoms with Crippen LogP contribution >= 0.6 is 0 Å². The van der Waals surface area contributed by atoms with Gasteiger partial charge in [0.25, 0.3) is 0 Å². The van der Waals surface area contributed by atoms with E-state index in [9.17, 15) is 9.59 Å². The molecule has 45 heavy (non-hydrogen) atoms. The van der Waals surface area contributed by atoms with Crippen LogP contribution in [0.15, 0.2) is 0 Å². The van der Waals surface area contributed by atoms with Gasteiger partial charge in [-0.1, -0.05) is 168 Å². The molecule has 0 rings (SSSR count). The van der Waals surface area contributed by atoms with Crippen LogP contribution in [0.1, 0.15) is 207 Å². The van der Waals surface area contributed by atoms with Crippen molar-refractivity contribution in [2.24, 2.45) is 5.92 Å². The molecule has 5 heteroatoms. The third-order valence-electron chi connectivity index (χ3n) is 9.22. The van der Waals surface area contributed by atoms with Crippen molar-refractivity contribution in [1.29, 1.82) is 0 Å². The van der Waals surface area contributed by atoms with E-state index in [1.807, 2.05) is 14.1 Å². The Hall–Kier alpha value is -1.10. The zero-order chi connectivity index (χ0) is 33.2. The van der Waals surface area contributed by atoms with E-state index in [1.165, 1.54) is 128 Å². The van der Waals surface area contributed by atoms with Crippen molar-refractivity contribution >= 4 is 11.9 Å². The molecule has 0 aromatic carbocycles. The van der Waals surface area contributed by atoms with Crippen molar-refractivity contribution in [3.8, 4) is 0 Å². The van der Waals surface area contributed by atoms with Gasteiger partial charge in [-0.05, 0) is 52.7 Å².